The first kappa shape index (κ1) is 9.48. The van der Waals surface area contributed by atoms with Crippen LogP contribution in [0.5, 0.6) is 0 Å². The summed E-state index contributed by atoms with van der Waals surface area (Å²) < 4.78 is 0. The number of carbonyl (C=O) groups is 1. The highest BCUT2D eigenvalue weighted by atomic mass is 16.1. The first-order chi connectivity index (χ1) is 5.88. The third kappa shape index (κ3) is 2.46. The van der Waals surface area contributed by atoms with E-state index < -0.39 is 0 Å². The number of nitrogens with zero attached hydrogens (tertiary/aromatic N) is 1. The van der Waals surface area contributed by atoms with Crippen molar-refractivity contribution >= 4 is 6.41 Å². The van der Waals surface area contributed by atoms with E-state index in [4.69, 9.17) is 0 Å². The summed E-state index contributed by atoms with van der Waals surface area (Å²) in [5, 5.41) is 6.10. The third-order valence-electron chi connectivity index (χ3n) is 2.24. The number of nitrogens with one attached hydrogen (secondary N) is 2. The summed E-state index contributed by atoms with van der Waals surface area (Å²) >= 11 is 0. The summed E-state index contributed by atoms with van der Waals surface area (Å²) in [5.41, 5.74) is 0. The molecule has 4 nitrogen and oxygen atoms in total. The number of carbonyl (C=O) groups excluding carboxylic acids is 1. The Balaban J connectivity index is 2.34. The van der Waals surface area contributed by atoms with Crippen LogP contribution in [0.15, 0.2) is 0 Å². The highest BCUT2D eigenvalue weighted by Crippen LogP contribution is 2.01. The molecule has 1 amide bonds. The van der Waals surface area contributed by atoms with E-state index in [0.29, 0.717) is 0 Å². The smallest absolute Gasteiger partial charge is 0.208 e. The summed E-state index contributed by atoms with van der Waals surface area (Å²) in [6.07, 6.45) is 1.99. The fourth-order valence-corrected chi connectivity index (χ4v) is 1.55. The van der Waals surface area contributed by atoms with Crippen molar-refractivity contribution in [3.63, 3.8) is 0 Å². The molecule has 1 rings (SSSR count). The van der Waals surface area contributed by atoms with E-state index in [2.05, 4.69) is 22.5 Å². The molecule has 4 heteroatoms. The van der Waals surface area contributed by atoms with Crippen molar-refractivity contribution < 1.29 is 4.79 Å². The van der Waals surface area contributed by atoms with Crippen LogP contribution in [0.1, 0.15) is 13.3 Å². The molecule has 0 bridgehead atoms. The Kier molecular flexibility index (Phi) is 4.04. The van der Waals surface area contributed by atoms with Gasteiger partial charge in [-0.3, -0.25) is 9.69 Å². The predicted octanol–water partition coefficient (Wildman–Crippen LogP) is -0.626. The standard InChI is InChI=1S/C8H17N3O/c1-2-8(10-7-12)11-5-3-9-4-6-11/h7-9H,2-6H2,1H3,(H,10,12). The van der Waals surface area contributed by atoms with Gasteiger partial charge in [-0.1, -0.05) is 6.92 Å². The molecule has 0 radical (unpaired) electrons. The summed E-state index contributed by atoms with van der Waals surface area (Å²) in [4.78, 5) is 12.6. The molecular weight excluding hydrogens is 154 g/mol. The molecule has 12 heavy (non-hydrogen) atoms. The quantitative estimate of drug-likeness (QED) is 0.554. The minimum Gasteiger partial charge on any atom is -0.343 e. The number of rotatable bonds is 4. The second kappa shape index (κ2) is 5.11. The summed E-state index contributed by atoms with van der Waals surface area (Å²) in [6, 6.07) is 0. The zero-order valence-electron chi connectivity index (χ0n) is 7.55. The van der Waals surface area contributed by atoms with Crippen molar-refractivity contribution in [2.24, 2.45) is 0 Å². The lowest BCUT2D eigenvalue weighted by Gasteiger charge is -2.33. The lowest BCUT2D eigenvalue weighted by Crippen LogP contribution is -2.53. The lowest BCUT2D eigenvalue weighted by molar-refractivity contribution is -0.111. The molecule has 1 saturated heterocycles. The molecule has 1 atom stereocenters. The van der Waals surface area contributed by atoms with E-state index >= 15 is 0 Å². The summed E-state index contributed by atoms with van der Waals surface area (Å²) in [7, 11) is 0. The van der Waals surface area contributed by atoms with Gasteiger partial charge in [-0.05, 0) is 6.42 Å². The average molecular weight is 171 g/mol. The predicted molar refractivity (Wildman–Crippen MR) is 47.7 cm³/mol. The maximum absolute atomic E-state index is 10.3. The van der Waals surface area contributed by atoms with Gasteiger partial charge in [-0.2, -0.15) is 0 Å². The first-order valence-electron chi connectivity index (χ1n) is 4.53. The minimum absolute atomic E-state index is 0.226. The van der Waals surface area contributed by atoms with Crippen LogP contribution >= 0.6 is 0 Å². The Morgan fingerprint density at radius 3 is 2.75 bits per heavy atom. The third-order valence-corrected chi connectivity index (χ3v) is 2.24. The van der Waals surface area contributed by atoms with E-state index in [1.165, 1.54) is 0 Å². The molecular formula is C8H17N3O. The molecule has 0 aromatic heterocycles. The first-order valence-corrected chi connectivity index (χ1v) is 4.53. The SMILES string of the molecule is CCC(NC=O)N1CCNCC1. The van der Waals surface area contributed by atoms with Crippen LogP contribution in [-0.2, 0) is 4.79 Å². The van der Waals surface area contributed by atoms with Gasteiger partial charge in [0, 0.05) is 26.2 Å². The molecule has 1 unspecified atom stereocenters. The fourth-order valence-electron chi connectivity index (χ4n) is 1.55. The van der Waals surface area contributed by atoms with Gasteiger partial charge < -0.3 is 10.6 Å². The van der Waals surface area contributed by atoms with E-state index in [0.717, 1.165) is 39.0 Å². The van der Waals surface area contributed by atoms with Crippen molar-refractivity contribution in [1.82, 2.24) is 15.5 Å². The molecule has 2 N–H and O–H groups in total. The van der Waals surface area contributed by atoms with Gasteiger partial charge in [0.15, 0.2) is 0 Å². The van der Waals surface area contributed by atoms with Crippen LogP contribution in [-0.4, -0.2) is 43.7 Å². The molecule has 0 saturated carbocycles. The molecule has 1 aliphatic heterocycles. The van der Waals surface area contributed by atoms with Crippen LogP contribution in [0.2, 0.25) is 0 Å². The Hall–Kier alpha value is -0.610. The van der Waals surface area contributed by atoms with Crippen molar-refractivity contribution in [1.29, 1.82) is 0 Å². The average Bonchev–Trinajstić information content (AvgIpc) is 2.15. The van der Waals surface area contributed by atoms with Crippen LogP contribution in [0.25, 0.3) is 0 Å². The van der Waals surface area contributed by atoms with Crippen LogP contribution in [0.3, 0.4) is 0 Å². The van der Waals surface area contributed by atoms with Gasteiger partial charge >= 0.3 is 0 Å². The van der Waals surface area contributed by atoms with Gasteiger partial charge in [0.05, 0.1) is 6.17 Å². The van der Waals surface area contributed by atoms with Crippen molar-refractivity contribution in [3.8, 4) is 0 Å². The van der Waals surface area contributed by atoms with Crippen molar-refractivity contribution in [2.45, 2.75) is 19.5 Å². The zero-order valence-corrected chi connectivity index (χ0v) is 7.55. The monoisotopic (exact) mass is 171 g/mol. The molecule has 0 aromatic rings. The maximum atomic E-state index is 10.3. The van der Waals surface area contributed by atoms with Gasteiger partial charge in [-0.15, -0.1) is 0 Å². The Bertz CT molecular complexity index is 134. The topological polar surface area (TPSA) is 44.4 Å². The minimum atomic E-state index is 0.226. The molecule has 70 valence electrons. The van der Waals surface area contributed by atoms with Gasteiger partial charge in [0.2, 0.25) is 6.41 Å². The molecule has 1 fully saturated rings. The lowest BCUT2D eigenvalue weighted by atomic mass is 10.3. The molecule has 1 heterocycles. The highest BCUT2D eigenvalue weighted by molar-refractivity contribution is 5.46. The van der Waals surface area contributed by atoms with E-state index in [1.807, 2.05) is 0 Å². The Labute approximate surface area is 73.3 Å². The van der Waals surface area contributed by atoms with Crippen LogP contribution in [0.4, 0.5) is 0 Å². The number of hydrogen-bond acceptors (Lipinski definition) is 3. The number of hydrogen-bond donors (Lipinski definition) is 2. The fraction of sp³-hybridized carbons (Fsp3) is 0.875. The van der Waals surface area contributed by atoms with Crippen LogP contribution in [0, 0.1) is 0 Å². The Morgan fingerprint density at radius 1 is 1.58 bits per heavy atom. The highest BCUT2D eigenvalue weighted by Gasteiger charge is 2.17. The van der Waals surface area contributed by atoms with Crippen LogP contribution < -0.4 is 10.6 Å². The normalized spacial score (nSPS) is 21.8. The van der Waals surface area contributed by atoms with Gasteiger partial charge in [0.1, 0.15) is 0 Å². The maximum Gasteiger partial charge on any atom is 0.208 e. The zero-order chi connectivity index (χ0) is 8.81. The molecule has 1 aliphatic rings. The van der Waals surface area contributed by atoms with E-state index in [-0.39, 0.29) is 6.17 Å². The van der Waals surface area contributed by atoms with Gasteiger partial charge in [-0.25, -0.2) is 0 Å². The second-order valence-electron chi connectivity index (χ2n) is 2.99. The number of amides is 1. The van der Waals surface area contributed by atoms with E-state index in [1.54, 1.807) is 0 Å². The summed E-state index contributed by atoms with van der Waals surface area (Å²) in [5.74, 6) is 0. The molecule has 0 aliphatic carbocycles. The largest absolute Gasteiger partial charge is 0.343 e. The van der Waals surface area contributed by atoms with E-state index in [9.17, 15) is 4.79 Å². The molecule has 0 aromatic carbocycles. The van der Waals surface area contributed by atoms with Crippen molar-refractivity contribution in [2.75, 3.05) is 26.2 Å². The Morgan fingerprint density at radius 2 is 2.25 bits per heavy atom. The van der Waals surface area contributed by atoms with Gasteiger partial charge in [0.25, 0.3) is 0 Å². The number of piperazine rings is 1. The second-order valence-corrected chi connectivity index (χ2v) is 2.99. The molecule has 0 spiro atoms. The summed E-state index contributed by atoms with van der Waals surface area (Å²) in [6.45, 7) is 6.19. The van der Waals surface area contributed by atoms with Crippen molar-refractivity contribution in [3.05, 3.63) is 0 Å².